The number of imidazole rings is 1. The average molecular weight is 264 g/mol. The zero-order valence-corrected chi connectivity index (χ0v) is 11.1. The van der Waals surface area contributed by atoms with Crippen LogP contribution in [0.15, 0.2) is 24.3 Å². The Morgan fingerprint density at radius 3 is 2.94 bits per heavy atom. The third-order valence-electron chi connectivity index (χ3n) is 2.64. The number of aromatic nitrogens is 2. The molecule has 2 rings (SSSR count). The van der Waals surface area contributed by atoms with Gasteiger partial charge in [-0.1, -0.05) is 19.1 Å². The molecule has 96 valence electrons. The minimum atomic E-state index is -0.779. The fraction of sp³-hybridized carbons (Fsp3) is 0.385. The highest BCUT2D eigenvalue weighted by Crippen LogP contribution is 2.20. The molecule has 0 atom stereocenters. The minimum absolute atomic E-state index is 0.120. The van der Waals surface area contributed by atoms with Crippen LogP contribution in [0, 0.1) is 0 Å². The molecule has 0 saturated carbocycles. The average Bonchev–Trinajstić information content (AvgIpc) is 2.68. The Morgan fingerprint density at radius 2 is 2.22 bits per heavy atom. The SMILES string of the molecule is CCCn1c(CSCC(=O)O)nc2ccccc21. The highest BCUT2D eigenvalue weighted by Gasteiger charge is 2.10. The van der Waals surface area contributed by atoms with Crippen molar-refractivity contribution < 1.29 is 9.90 Å². The predicted molar refractivity (Wildman–Crippen MR) is 73.8 cm³/mol. The molecule has 0 radical (unpaired) electrons. The monoisotopic (exact) mass is 264 g/mol. The summed E-state index contributed by atoms with van der Waals surface area (Å²) in [4.78, 5) is 15.1. The van der Waals surface area contributed by atoms with Gasteiger partial charge in [-0.3, -0.25) is 4.79 Å². The van der Waals surface area contributed by atoms with Crippen LogP contribution >= 0.6 is 11.8 Å². The fourth-order valence-corrected chi connectivity index (χ4v) is 2.62. The normalized spacial score (nSPS) is 10.9. The van der Waals surface area contributed by atoms with Crippen molar-refractivity contribution in [3.05, 3.63) is 30.1 Å². The summed E-state index contributed by atoms with van der Waals surface area (Å²) in [5.74, 6) is 0.943. The van der Waals surface area contributed by atoms with Crippen molar-refractivity contribution in [1.29, 1.82) is 0 Å². The van der Waals surface area contributed by atoms with E-state index >= 15 is 0 Å². The lowest BCUT2D eigenvalue weighted by atomic mass is 10.3. The van der Waals surface area contributed by atoms with Gasteiger partial charge >= 0.3 is 5.97 Å². The molecule has 5 heteroatoms. The number of hydrogen-bond donors (Lipinski definition) is 1. The lowest BCUT2D eigenvalue weighted by Gasteiger charge is -2.06. The molecule has 4 nitrogen and oxygen atoms in total. The second kappa shape index (κ2) is 5.91. The summed E-state index contributed by atoms with van der Waals surface area (Å²) in [7, 11) is 0. The molecule has 0 bridgehead atoms. The summed E-state index contributed by atoms with van der Waals surface area (Å²) in [5.41, 5.74) is 2.11. The van der Waals surface area contributed by atoms with E-state index in [4.69, 9.17) is 5.11 Å². The molecule has 0 fully saturated rings. The molecule has 18 heavy (non-hydrogen) atoms. The van der Waals surface area contributed by atoms with Gasteiger partial charge in [0.15, 0.2) is 0 Å². The van der Waals surface area contributed by atoms with Gasteiger partial charge < -0.3 is 9.67 Å². The number of para-hydroxylation sites is 2. The van der Waals surface area contributed by atoms with Gasteiger partial charge in [-0.2, -0.15) is 0 Å². The number of carbonyl (C=O) groups is 1. The smallest absolute Gasteiger partial charge is 0.313 e. The van der Waals surface area contributed by atoms with Crippen molar-refractivity contribution >= 4 is 28.8 Å². The zero-order valence-electron chi connectivity index (χ0n) is 10.3. The summed E-state index contributed by atoms with van der Waals surface area (Å²) < 4.78 is 2.18. The van der Waals surface area contributed by atoms with E-state index in [1.165, 1.54) is 11.8 Å². The topological polar surface area (TPSA) is 55.1 Å². The predicted octanol–water partition coefficient (Wildman–Crippen LogP) is 2.76. The van der Waals surface area contributed by atoms with Crippen LogP contribution in [0.5, 0.6) is 0 Å². The van der Waals surface area contributed by atoms with Gasteiger partial charge in [-0.25, -0.2) is 4.98 Å². The first-order valence-electron chi connectivity index (χ1n) is 5.96. The van der Waals surface area contributed by atoms with Crippen molar-refractivity contribution in [1.82, 2.24) is 9.55 Å². The molecule has 2 aromatic rings. The van der Waals surface area contributed by atoms with Crippen LogP contribution in [0.4, 0.5) is 0 Å². The van der Waals surface area contributed by atoms with E-state index in [2.05, 4.69) is 22.5 Å². The second-order valence-electron chi connectivity index (χ2n) is 4.05. The molecule has 0 aliphatic carbocycles. The van der Waals surface area contributed by atoms with Crippen LogP contribution in [0.2, 0.25) is 0 Å². The van der Waals surface area contributed by atoms with E-state index in [-0.39, 0.29) is 5.75 Å². The number of fused-ring (bicyclic) bond motifs is 1. The van der Waals surface area contributed by atoms with Gasteiger partial charge in [-0.05, 0) is 18.6 Å². The van der Waals surface area contributed by atoms with Gasteiger partial charge in [0.05, 0.1) is 22.5 Å². The number of carboxylic acids is 1. The van der Waals surface area contributed by atoms with E-state index < -0.39 is 5.97 Å². The van der Waals surface area contributed by atoms with E-state index in [0.717, 1.165) is 29.8 Å². The molecule has 1 aromatic carbocycles. The Bertz CT molecular complexity index is 551. The summed E-state index contributed by atoms with van der Waals surface area (Å²) >= 11 is 1.39. The van der Waals surface area contributed by atoms with Crippen molar-refractivity contribution in [3.8, 4) is 0 Å². The fourth-order valence-electron chi connectivity index (χ4n) is 1.94. The first kappa shape index (κ1) is 13.0. The third kappa shape index (κ3) is 2.85. The quantitative estimate of drug-likeness (QED) is 0.871. The number of thioether (sulfide) groups is 1. The maximum Gasteiger partial charge on any atom is 0.313 e. The Morgan fingerprint density at radius 1 is 1.44 bits per heavy atom. The van der Waals surface area contributed by atoms with E-state index in [1.807, 2.05) is 18.2 Å². The van der Waals surface area contributed by atoms with Crippen LogP contribution in [-0.4, -0.2) is 26.4 Å². The summed E-state index contributed by atoms with van der Waals surface area (Å²) in [6.45, 7) is 3.05. The van der Waals surface area contributed by atoms with Gasteiger partial charge in [0.1, 0.15) is 5.82 Å². The number of hydrogen-bond acceptors (Lipinski definition) is 3. The molecule has 1 aromatic heterocycles. The van der Waals surface area contributed by atoms with Crippen LogP contribution in [0.25, 0.3) is 11.0 Å². The molecule has 0 saturated heterocycles. The first-order valence-corrected chi connectivity index (χ1v) is 7.11. The summed E-state index contributed by atoms with van der Waals surface area (Å²) in [5, 5.41) is 8.66. The van der Waals surface area contributed by atoms with Crippen LogP contribution < -0.4 is 0 Å². The van der Waals surface area contributed by atoms with E-state index in [9.17, 15) is 4.79 Å². The van der Waals surface area contributed by atoms with Gasteiger partial charge in [0.25, 0.3) is 0 Å². The minimum Gasteiger partial charge on any atom is -0.481 e. The molecule has 1 heterocycles. The number of carboxylic acid groups (broad SMARTS) is 1. The molecule has 1 N–H and O–H groups in total. The van der Waals surface area contributed by atoms with Gasteiger partial charge in [0, 0.05) is 6.54 Å². The highest BCUT2D eigenvalue weighted by atomic mass is 32.2. The zero-order chi connectivity index (χ0) is 13.0. The lowest BCUT2D eigenvalue weighted by Crippen LogP contribution is -2.04. The Balaban J connectivity index is 2.24. The van der Waals surface area contributed by atoms with Gasteiger partial charge in [0.2, 0.25) is 0 Å². The van der Waals surface area contributed by atoms with Crippen LogP contribution in [-0.2, 0) is 17.1 Å². The summed E-state index contributed by atoms with van der Waals surface area (Å²) in [6, 6.07) is 8.03. The van der Waals surface area contributed by atoms with E-state index in [0.29, 0.717) is 5.75 Å². The third-order valence-corrected chi connectivity index (χ3v) is 3.55. The van der Waals surface area contributed by atoms with E-state index in [1.54, 1.807) is 0 Å². The molecule has 0 spiro atoms. The Labute approximate surface area is 110 Å². The van der Waals surface area contributed by atoms with Crippen molar-refractivity contribution in [2.45, 2.75) is 25.6 Å². The molecule has 0 amide bonds. The largest absolute Gasteiger partial charge is 0.481 e. The highest BCUT2D eigenvalue weighted by molar-refractivity contribution is 7.99. The number of rotatable bonds is 6. The van der Waals surface area contributed by atoms with Crippen molar-refractivity contribution in [3.63, 3.8) is 0 Å². The number of aliphatic carboxylic acids is 1. The Hall–Kier alpha value is -1.49. The first-order chi connectivity index (χ1) is 8.72. The number of benzene rings is 1. The Kier molecular flexibility index (Phi) is 4.25. The maximum atomic E-state index is 10.5. The summed E-state index contributed by atoms with van der Waals surface area (Å²) in [6.07, 6.45) is 1.04. The van der Waals surface area contributed by atoms with Crippen LogP contribution in [0.1, 0.15) is 19.2 Å². The molecule has 0 unspecified atom stereocenters. The lowest BCUT2D eigenvalue weighted by molar-refractivity contribution is -0.133. The maximum absolute atomic E-state index is 10.5. The van der Waals surface area contributed by atoms with Crippen molar-refractivity contribution in [2.24, 2.45) is 0 Å². The second-order valence-corrected chi connectivity index (χ2v) is 5.04. The number of aryl methyl sites for hydroxylation is 1. The van der Waals surface area contributed by atoms with Crippen LogP contribution in [0.3, 0.4) is 0 Å². The van der Waals surface area contributed by atoms with Crippen molar-refractivity contribution in [2.75, 3.05) is 5.75 Å². The molecule has 0 aliphatic heterocycles. The standard InChI is InChI=1S/C13H16N2O2S/c1-2-7-15-11-6-4-3-5-10(11)14-12(15)8-18-9-13(16)17/h3-6H,2,7-9H2,1H3,(H,16,17). The molecule has 0 aliphatic rings. The van der Waals surface area contributed by atoms with Gasteiger partial charge in [-0.15, -0.1) is 11.8 Å². The molecular formula is C13H16N2O2S. The number of nitrogens with zero attached hydrogens (tertiary/aromatic N) is 2. The molecular weight excluding hydrogens is 248 g/mol.